The zero-order valence-electron chi connectivity index (χ0n) is 14.8. The molecule has 3 N–H and O–H groups in total. The Balaban J connectivity index is 1.86. The number of nitrogens with zero attached hydrogens (tertiary/aromatic N) is 2. The Hall–Kier alpha value is -2.20. The number of sulfonamides is 1. The fourth-order valence-electron chi connectivity index (χ4n) is 2.44. The number of likely N-dealkylation sites (N-methyl/N-ethyl adjacent to an activating group) is 1. The molecular weight excluding hydrogens is 374 g/mol. The fraction of sp³-hybridized carbons (Fsp3) is 0.438. The third-order valence-corrected chi connectivity index (χ3v) is 5.31. The van der Waals surface area contributed by atoms with Crippen LogP contribution >= 0.6 is 12.2 Å². The summed E-state index contributed by atoms with van der Waals surface area (Å²) in [7, 11) is -2.10. The second-order valence-electron chi connectivity index (χ2n) is 5.88. The van der Waals surface area contributed by atoms with Crippen molar-refractivity contribution in [2.45, 2.75) is 31.1 Å². The molecule has 1 amide bonds. The molecule has 0 radical (unpaired) electrons. The number of fused-ring (bicyclic) bond motifs is 1. The van der Waals surface area contributed by atoms with Gasteiger partial charge in [0.1, 0.15) is 4.90 Å². The van der Waals surface area contributed by atoms with Gasteiger partial charge in [-0.15, -0.1) is 4.40 Å². The number of amides is 1. The number of carbonyl (C=O) groups excluding carboxylic acids is 1. The maximum atomic E-state index is 12.1. The standard InChI is InChI=1S/C16H23N5O3S2/c1-3-4-7-10-17-16(25)19-18-14(22)11-21(2)15-12-8-5-6-9-13(12)26(23,24)20-15/h5-6,8-9H,3-4,7,10-11H2,1-2H3,(H,18,22)(H2,17,19,25). The number of thiocarbonyl (C=S) groups is 1. The van der Waals surface area contributed by atoms with E-state index in [1.807, 2.05) is 0 Å². The van der Waals surface area contributed by atoms with E-state index in [0.717, 1.165) is 25.8 Å². The minimum atomic E-state index is -3.71. The van der Waals surface area contributed by atoms with Gasteiger partial charge in [0.15, 0.2) is 10.9 Å². The lowest BCUT2D eigenvalue weighted by atomic mass is 10.2. The molecule has 0 atom stereocenters. The maximum absolute atomic E-state index is 12.1. The van der Waals surface area contributed by atoms with Crippen LogP contribution in [0.5, 0.6) is 0 Å². The Kier molecular flexibility index (Phi) is 6.92. The van der Waals surface area contributed by atoms with E-state index in [-0.39, 0.29) is 23.2 Å². The third kappa shape index (κ3) is 5.15. The van der Waals surface area contributed by atoms with Crippen LogP contribution in [-0.4, -0.2) is 50.3 Å². The number of hydrogen-bond donors (Lipinski definition) is 3. The van der Waals surface area contributed by atoms with Crippen LogP contribution < -0.4 is 16.2 Å². The van der Waals surface area contributed by atoms with E-state index >= 15 is 0 Å². The molecule has 1 aromatic rings. The summed E-state index contributed by atoms with van der Waals surface area (Å²) < 4.78 is 27.9. The monoisotopic (exact) mass is 397 g/mol. The highest BCUT2D eigenvalue weighted by Gasteiger charge is 2.30. The summed E-state index contributed by atoms with van der Waals surface area (Å²) in [6.07, 6.45) is 3.23. The van der Waals surface area contributed by atoms with Gasteiger partial charge >= 0.3 is 0 Å². The SMILES string of the molecule is CCCCCNC(=S)NNC(=O)CN(C)C1=NS(=O)(=O)c2ccccc21. The molecule has 0 aliphatic carbocycles. The lowest BCUT2D eigenvalue weighted by Crippen LogP contribution is -2.50. The summed E-state index contributed by atoms with van der Waals surface area (Å²) in [5.41, 5.74) is 5.60. The lowest BCUT2D eigenvalue weighted by Gasteiger charge is -2.19. The summed E-state index contributed by atoms with van der Waals surface area (Å²) in [5, 5.41) is 3.33. The summed E-state index contributed by atoms with van der Waals surface area (Å²) in [4.78, 5) is 13.7. The molecular formula is C16H23N5O3S2. The molecule has 2 rings (SSSR count). The summed E-state index contributed by atoms with van der Waals surface area (Å²) in [5.74, 6) is -0.120. The second-order valence-corrected chi connectivity index (χ2v) is 7.86. The number of unbranched alkanes of at least 4 members (excludes halogenated alkanes) is 2. The predicted octanol–water partition coefficient (Wildman–Crippen LogP) is 0.753. The van der Waals surface area contributed by atoms with Crippen molar-refractivity contribution in [1.29, 1.82) is 0 Å². The summed E-state index contributed by atoms with van der Waals surface area (Å²) in [6, 6.07) is 6.53. The first-order chi connectivity index (χ1) is 12.3. The predicted molar refractivity (Wildman–Crippen MR) is 104 cm³/mol. The molecule has 0 unspecified atom stereocenters. The summed E-state index contributed by atoms with van der Waals surface area (Å²) in [6.45, 7) is 2.78. The van der Waals surface area contributed by atoms with Gasteiger partial charge in [0.05, 0.1) is 6.54 Å². The van der Waals surface area contributed by atoms with Gasteiger partial charge in [-0.25, -0.2) is 0 Å². The van der Waals surface area contributed by atoms with Crippen LogP contribution in [-0.2, 0) is 14.8 Å². The van der Waals surface area contributed by atoms with Crippen LogP contribution in [0.1, 0.15) is 31.7 Å². The quantitative estimate of drug-likeness (QED) is 0.370. The Morgan fingerprint density at radius 3 is 2.69 bits per heavy atom. The van der Waals surface area contributed by atoms with Crippen molar-refractivity contribution < 1.29 is 13.2 Å². The average Bonchev–Trinajstić information content (AvgIpc) is 2.89. The lowest BCUT2D eigenvalue weighted by molar-refractivity contribution is -0.121. The van der Waals surface area contributed by atoms with Crippen molar-refractivity contribution in [3.8, 4) is 0 Å². The van der Waals surface area contributed by atoms with Gasteiger partial charge < -0.3 is 10.2 Å². The molecule has 26 heavy (non-hydrogen) atoms. The van der Waals surface area contributed by atoms with E-state index in [1.165, 1.54) is 11.0 Å². The number of benzene rings is 1. The molecule has 0 saturated carbocycles. The Morgan fingerprint density at radius 1 is 1.23 bits per heavy atom. The number of hydrogen-bond acceptors (Lipinski definition) is 5. The van der Waals surface area contributed by atoms with Crippen molar-refractivity contribution in [2.24, 2.45) is 4.40 Å². The van der Waals surface area contributed by atoms with Crippen molar-refractivity contribution in [2.75, 3.05) is 20.1 Å². The topological polar surface area (TPSA) is 103 Å². The van der Waals surface area contributed by atoms with E-state index in [2.05, 4.69) is 27.5 Å². The van der Waals surface area contributed by atoms with Crippen molar-refractivity contribution >= 4 is 39.1 Å². The number of carbonyl (C=O) groups is 1. The average molecular weight is 398 g/mol. The molecule has 0 spiro atoms. The van der Waals surface area contributed by atoms with E-state index < -0.39 is 10.0 Å². The highest BCUT2D eigenvalue weighted by atomic mass is 32.2. The van der Waals surface area contributed by atoms with E-state index in [4.69, 9.17) is 12.2 Å². The number of rotatable bonds is 6. The zero-order chi connectivity index (χ0) is 19.2. The molecule has 1 aliphatic heterocycles. The van der Waals surface area contributed by atoms with Gasteiger partial charge in [-0.3, -0.25) is 15.6 Å². The molecule has 1 aliphatic rings. The second kappa shape index (κ2) is 8.95. The summed E-state index contributed by atoms with van der Waals surface area (Å²) >= 11 is 5.07. The van der Waals surface area contributed by atoms with Crippen LogP contribution in [0.4, 0.5) is 0 Å². The van der Waals surface area contributed by atoms with E-state index in [1.54, 1.807) is 25.2 Å². The first-order valence-corrected chi connectivity index (χ1v) is 10.2. The molecule has 1 aromatic carbocycles. The van der Waals surface area contributed by atoms with Crippen molar-refractivity contribution in [3.05, 3.63) is 29.8 Å². The van der Waals surface area contributed by atoms with Crippen molar-refractivity contribution in [3.63, 3.8) is 0 Å². The highest BCUT2D eigenvalue weighted by Crippen LogP contribution is 2.26. The Morgan fingerprint density at radius 2 is 1.96 bits per heavy atom. The largest absolute Gasteiger partial charge is 0.361 e. The van der Waals surface area contributed by atoms with Gasteiger partial charge in [-0.05, 0) is 30.8 Å². The zero-order valence-corrected chi connectivity index (χ0v) is 16.4. The van der Waals surface area contributed by atoms with E-state index in [0.29, 0.717) is 10.7 Å². The molecule has 1 heterocycles. The van der Waals surface area contributed by atoms with Gasteiger partial charge in [0.25, 0.3) is 15.9 Å². The number of nitrogens with one attached hydrogen (secondary N) is 3. The molecule has 10 heteroatoms. The molecule has 8 nitrogen and oxygen atoms in total. The van der Waals surface area contributed by atoms with Gasteiger partial charge in [-0.1, -0.05) is 31.9 Å². The molecule has 0 saturated heterocycles. The highest BCUT2D eigenvalue weighted by molar-refractivity contribution is 7.90. The van der Waals surface area contributed by atoms with Crippen LogP contribution in [0.25, 0.3) is 0 Å². The number of amidine groups is 1. The van der Waals surface area contributed by atoms with Gasteiger partial charge in [0.2, 0.25) is 0 Å². The van der Waals surface area contributed by atoms with Gasteiger partial charge in [0, 0.05) is 19.2 Å². The van der Waals surface area contributed by atoms with E-state index in [9.17, 15) is 13.2 Å². The molecule has 142 valence electrons. The first-order valence-electron chi connectivity index (χ1n) is 8.33. The Labute approximate surface area is 159 Å². The molecule has 0 aromatic heterocycles. The van der Waals surface area contributed by atoms with Crippen LogP contribution in [0.2, 0.25) is 0 Å². The molecule has 0 fully saturated rings. The maximum Gasteiger partial charge on any atom is 0.285 e. The smallest absolute Gasteiger partial charge is 0.285 e. The Bertz CT molecular complexity index is 808. The first kappa shape index (κ1) is 20.1. The third-order valence-electron chi connectivity index (χ3n) is 3.74. The van der Waals surface area contributed by atoms with Crippen LogP contribution in [0.15, 0.2) is 33.6 Å². The molecule has 0 bridgehead atoms. The van der Waals surface area contributed by atoms with Gasteiger partial charge in [-0.2, -0.15) is 8.42 Å². The minimum absolute atomic E-state index is 0.0753. The van der Waals surface area contributed by atoms with Crippen LogP contribution in [0.3, 0.4) is 0 Å². The van der Waals surface area contributed by atoms with Crippen LogP contribution in [0, 0.1) is 0 Å². The minimum Gasteiger partial charge on any atom is -0.361 e. The fourth-order valence-corrected chi connectivity index (χ4v) is 3.85. The normalized spacial score (nSPS) is 14.2. The van der Waals surface area contributed by atoms with Crippen molar-refractivity contribution in [1.82, 2.24) is 21.1 Å². The number of hydrazine groups is 1.